The third kappa shape index (κ3) is 3.03. The van der Waals surface area contributed by atoms with Gasteiger partial charge in [-0.25, -0.2) is 0 Å². The third-order valence-corrected chi connectivity index (χ3v) is 8.74. The van der Waals surface area contributed by atoms with E-state index in [0.29, 0.717) is 0 Å². The second-order valence-corrected chi connectivity index (χ2v) is 10.3. The second kappa shape index (κ2) is 7.51. The van der Waals surface area contributed by atoms with Gasteiger partial charge in [-0.05, 0) is 24.3 Å². The zero-order valence-corrected chi connectivity index (χ0v) is 17.7. The number of nitrogens with zero attached hydrogens (tertiary/aromatic N) is 2. The maximum absolute atomic E-state index is 14.7. The Morgan fingerprint density at radius 2 is 1.17 bits per heavy atom. The molecule has 0 aliphatic carbocycles. The fraction of sp³-hybridized carbons (Fsp3) is 0.0769. The van der Waals surface area contributed by atoms with E-state index in [1.165, 1.54) is 11.4 Å². The lowest BCUT2D eigenvalue weighted by Gasteiger charge is -2.24. The molecule has 0 saturated carbocycles. The average molecular weight is 410 g/mol. The summed E-state index contributed by atoms with van der Waals surface area (Å²) in [6, 6.07) is 36.3. The van der Waals surface area contributed by atoms with Gasteiger partial charge in [0, 0.05) is 28.6 Å². The molecule has 1 aliphatic rings. The van der Waals surface area contributed by atoms with Gasteiger partial charge < -0.3 is 14.4 Å². The minimum atomic E-state index is -2.98. The van der Waals surface area contributed by atoms with E-state index >= 15 is 0 Å². The molecule has 0 amide bonds. The first kappa shape index (κ1) is 18.7. The molecule has 0 N–H and O–H groups in total. The van der Waals surface area contributed by atoms with Crippen molar-refractivity contribution in [1.29, 1.82) is 0 Å². The van der Waals surface area contributed by atoms with Gasteiger partial charge in [0.15, 0.2) is 7.14 Å². The molecule has 0 unspecified atom stereocenters. The van der Waals surface area contributed by atoms with Crippen LogP contribution in [0.3, 0.4) is 0 Å². The first-order valence-electron chi connectivity index (χ1n) is 10.1. The Balaban J connectivity index is 1.66. The van der Waals surface area contributed by atoms with E-state index in [-0.39, 0.29) is 0 Å². The average Bonchev–Trinajstić information content (AvgIpc) is 3.16. The summed E-state index contributed by atoms with van der Waals surface area (Å²) in [5.74, 6) is 0. The van der Waals surface area contributed by atoms with Crippen molar-refractivity contribution in [3.05, 3.63) is 109 Å². The summed E-state index contributed by atoms with van der Waals surface area (Å²) in [7, 11) is -0.885. The summed E-state index contributed by atoms with van der Waals surface area (Å²) < 4.78 is 14.7. The molecule has 0 fully saturated rings. The number of fused-ring (bicyclic) bond motifs is 1. The molecule has 0 aromatic heterocycles. The monoisotopic (exact) mass is 410 g/mol. The fourth-order valence-corrected chi connectivity index (χ4v) is 6.87. The third-order valence-electron chi connectivity index (χ3n) is 5.68. The minimum absolute atomic E-state index is 0.768. The van der Waals surface area contributed by atoms with Crippen LogP contribution in [0.5, 0.6) is 0 Å². The van der Waals surface area contributed by atoms with E-state index in [9.17, 15) is 4.57 Å². The van der Waals surface area contributed by atoms with E-state index < -0.39 is 7.14 Å². The van der Waals surface area contributed by atoms with Crippen LogP contribution in [0.1, 0.15) is 0 Å². The van der Waals surface area contributed by atoms with Crippen LogP contribution in [-0.2, 0) is 4.57 Å². The molecule has 1 heterocycles. The molecule has 148 valence electrons. The largest absolute Gasteiger partial charge is 0.355 e. The Hall–Kier alpha value is -3.29. The van der Waals surface area contributed by atoms with Crippen molar-refractivity contribution in [1.82, 2.24) is 0 Å². The Bertz CT molecular complexity index is 1180. The highest BCUT2D eigenvalue weighted by Crippen LogP contribution is 2.44. The summed E-state index contributed by atoms with van der Waals surface area (Å²) in [6.07, 6.45) is 0. The fourth-order valence-electron chi connectivity index (χ4n) is 4.18. The summed E-state index contributed by atoms with van der Waals surface area (Å²) in [6.45, 7) is 0.768. The number of benzene rings is 4. The normalized spacial score (nSPS) is 13.4. The molecular formula is C26H23N2OP. The molecule has 4 aromatic rings. The molecule has 4 heteroatoms. The second-order valence-electron chi connectivity index (χ2n) is 7.56. The molecule has 0 saturated heterocycles. The zero-order chi connectivity index (χ0) is 20.6. The molecular weight excluding hydrogens is 387 g/mol. The summed E-state index contributed by atoms with van der Waals surface area (Å²) in [5.41, 5.74) is 3.43. The molecule has 0 atom stereocenters. The molecule has 30 heavy (non-hydrogen) atoms. The van der Waals surface area contributed by atoms with Gasteiger partial charge in [0.2, 0.25) is 0 Å². The van der Waals surface area contributed by atoms with E-state index in [1.807, 2.05) is 72.8 Å². The summed E-state index contributed by atoms with van der Waals surface area (Å²) in [4.78, 5) is 4.51. The molecule has 5 rings (SSSR count). The Labute approximate surface area is 177 Å². The SMILES string of the molecule is CN1CN(c2cccc(P(=O)(c3ccccc3)c3ccccc3)c2)c2ccccc21. The maximum atomic E-state index is 14.7. The number of para-hydroxylation sites is 2. The zero-order valence-electron chi connectivity index (χ0n) is 16.8. The van der Waals surface area contributed by atoms with Gasteiger partial charge in [0.25, 0.3) is 0 Å². The van der Waals surface area contributed by atoms with Crippen molar-refractivity contribution in [3.8, 4) is 0 Å². The predicted molar refractivity (Wildman–Crippen MR) is 128 cm³/mol. The highest BCUT2D eigenvalue weighted by molar-refractivity contribution is 7.85. The van der Waals surface area contributed by atoms with Crippen LogP contribution in [0.2, 0.25) is 0 Å². The Morgan fingerprint density at radius 1 is 0.633 bits per heavy atom. The lowest BCUT2D eigenvalue weighted by Crippen LogP contribution is -2.27. The van der Waals surface area contributed by atoms with Gasteiger partial charge in [-0.3, -0.25) is 0 Å². The van der Waals surface area contributed by atoms with Crippen LogP contribution >= 0.6 is 7.14 Å². The molecule has 0 spiro atoms. The number of hydrogen-bond donors (Lipinski definition) is 0. The van der Waals surface area contributed by atoms with Gasteiger partial charge in [0.05, 0.1) is 18.0 Å². The van der Waals surface area contributed by atoms with E-state index in [4.69, 9.17) is 0 Å². The van der Waals surface area contributed by atoms with Gasteiger partial charge in [-0.15, -0.1) is 0 Å². The first-order chi connectivity index (χ1) is 14.7. The van der Waals surface area contributed by atoms with Gasteiger partial charge in [-0.1, -0.05) is 84.9 Å². The van der Waals surface area contributed by atoms with Crippen LogP contribution in [0.25, 0.3) is 0 Å². The Morgan fingerprint density at radius 3 is 1.80 bits per heavy atom. The van der Waals surface area contributed by atoms with Gasteiger partial charge in [0.1, 0.15) is 0 Å². The summed E-state index contributed by atoms with van der Waals surface area (Å²) in [5, 5.41) is 2.56. The standard InChI is InChI=1S/C26H23N2OP/c1-27-20-28(26-18-9-8-17-25(26)27)21-11-10-16-24(19-21)30(29,22-12-4-2-5-13-22)23-14-6-3-7-15-23/h2-19H,20H2,1H3. The van der Waals surface area contributed by atoms with Crippen LogP contribution in [0, 0.1) is 0 Å². The van der Waals surface area contributed by atoms with E-state index in [1.54, 1.807) is 0 Å². The van der Waals surface area contributed by atoms with Crippen molar-refractivity contribution in [2.24, 2.45) is 0 Å². The molecule has 0 bridgehead atoms. The molecule has 0 radical (unpaired) electrons. The number of hydrogen-bond acceptors (Lipinski definition) is 3. The lowest BCUT2D eigenvalue weighted by molar-refractivity contribution is 0.592. The highest BCUT2D eigenvalue weighted by atomic mass is 31.2. The summed E-state index contributed by atoms with van der Waals surface area (Å²) >= 11 is 0. The van der Waals surface area contributed by atoms with Crippen molar-refractivity contribution in [2.45, 2.75) is 0 Å². The van der Waals surface area contributed by atoms with Crippen molar-refractivity contribution in [2.75, 3.05) is 23.5 Å². The minimum Gasteiger partial charge on any atom is -0.355 e. The van der Waals surface area contributed by atoms with Crippen LogP contribution in [0.4, 0.5) is 17.1 Å². The van der Waals surface area contributed by atoms with Crippen molar-refractivity contribution < 1.29 is 4.57 Å². The smallest absolute Gasteiger partial charge is 0.171 e. The van der Waals surface area contributed by atoms with Crippen LogP contribution in [0.15, 0.2) is 109 Å². The van der Waals surface area contributed by atoms with Crippen molar-refractivity contribution >= 4 is 40.1 Å². The quantitative estimate of drug-likeness (QED) is 0.449. The van der Waals surface area contributed by atoms with Gasteiger partial charge in [-0.2, -0.15) is 0 Å². The number of anilines is 3. The first-order valence-corrected chi connectivity index (χ1v) is 11.8. The maximum Gasteiger partial charge on any atom is 0.171 e. The molecule has 1 aliphatic heterocycles. The highest BCUT2D eigenvalue weighted by Gasteiger charge is 2.31. The molecule has 3 nitrogen and oxygen atoms in total. The predicted octanol–water partition coefficient (Wildman–Crippen LogP) is 4.87. The van der Waals surface area contributed by atoms with E-state index in [0.717, 1.165) is 28.3 Å². The topological polar surface area (TPSA) is 23.6 Å². The van der Waals surface area contributed by atoms with Crippen molar-refractivity contribution in [3.63, 3.8) is 0 Å². The number of rotatable bonds is 4. The molecule has 4 aromatic carbocycles. The van der Waals surface area contributed by atoms with Gasteiger partial charge >= 0.3 is 0 Å². The Kier molecular flexibility index (Phi) is 4.69. The lowest BCUT2D eigenvalue weighted by atomic mass is 10.2. The van der Waals surface area contributed by atoms with Crippen LogP contribution < -0.4 is 25.7 Å². The van der Waals surface area contributed by atoms with Crippen LogP contribution in [-0.4, -0.2) is 13.7 Å². The van der Waals surface area contributed by atoms with E-state index in [2.05, 4.69) is 53.2 Å².